The molecule has 0 radical (unpaired) electrons. The van der Waals surface area contributed by atoms with E-state index in [1.54, 1.807) is 18.2 Å². The van der Waals surface area contributed by atoms with Crippen molar-refractivity contribution < 1.29 is 29.0 Å². The minimum Gasteiger partial charge on any atom is -0.480 e. The van der Waals surface area contributed by atoms with Gasteiger partial charge in [-0.05, 0) is 47.2 Å². The van der Waals surface area contributed by atoms with E-state index in [0.717, 1.165) is 16.7 Å². The molecule has 8 nitrogen and oxygen atoms in total. The van der Waals surface area contributed by atoms with Crippen LogP contribution in [0.15, 0.2) is 72.8 Å². The van der Waals surface area contributed by atoms with Crippen LogP contribution in [0.3, 0.4) is 0 Å². The predicted molar refractivity (Wildman–Crippen MR) is 144 cm³/mol. The second-order valence-electron chi connectivity index (χ2n) is 9.37. The van der Waals surface area contributed by atoms with Crippen molar-refractivity contribution in [3.63, 3.8) is 0 Å². The van der Waals surface area contributed by atoms with Crippen molar-refractivity contribution in [3.05, 3.63) is 83.9 Å². The quantitative estimate of drug-likeness (QED) is 0.381. The van der Waals surface area contributed by atoms with E-state index < -0.39 is 35.1 Å². The van der Waals surface area contributed by atoms with Crippen LogP contribution in [-0.2, 0) is 20.8 Å². The summed E-state index contributed by atoms with van der Waals surface area (Å²) in [6.07, 6.45) is 1.20. The summed E-state index contributed by atoms with van der Waals surface area (Å²) in [6.45, 7) is 0.448. The molecule has 2 amide bonds. The number of thiol groups is 1. The van der Waals surface area contributed by atoms with E-state index >= 15 is 0 Å². The molecule has 0 saturated carbocycles. The van der Waals surface area contributed by atoms with Gasteiger partial charge < -0.3 is 24.8 Å². The van der Waals surface area contributed by atoms with Gasteiger partial charge in [-0.1, -0.05) is 60.7 Å². The lowest BCUT2D eigenvalue weighted by molar-refractivity contribution is -0.149. The SMILES string of the molecule is O=C(N[C@@H](Cc1ccc(-c2ccccc2)cc1)C(=O)N1CCC[C@H]1C(=O)O)[C@H](S)c1ccc2c(c1)OCO2. The summed E-state index contributed by atoms with van der Waals surface area (Å²) in [6, 6.07) is 21.0. The number of carboxylic acids is 1. The number of carboxylic acid groups (broad SMARTS) is 1. The Hall–Kier alpha value is -3.98. The molecule has 0 spiro atoms. The lowest BCUT2D eigenvalue weighted by Crippen LogP contribution is -2.53. The molecule has 9 heteroatoms. The van der Waals surface area contributed by atoms with Crippen LogP contribution in [-0.4, -0.2) is 53.2 Å². The second kappa shape index (κ2) is 11.2. The van der Waals surface area contributed by atoms with E-state index in [1.807, 2.05) is 54.6 Å². The summed E-state index contributed by atoms with van der Waals surface area (Å²) in [7, 11) is 0. The van der Waals surface area contributed by atoms with Gasteiger partial charge in [-0.2, -0.15) is 12.6 Å². The zero-order chi connectivity index (χ0) is 26.6. The van der Waals surface area contributed by atoms with Gasteiger partial charge in [0.2, 0.25) is 18.6 Å². The monoisotopic (exact) mass is 532 g/mol. The molecule has 3 aromatic carbocycles. The number of nitrogens with zero attached hydrogens (tertiary/aromatic N) is 1. The van der Waals surface area contributed by atoms with E-state index in [2.05, 4.69) is 17.9 Å². The average molecular weight is 533 g/mol. The molecule has 0 unspecified atom stereocenters. The first-order chi connectivity index (χ1) is 18.4. The summed E-state index contributed by atoms with van der Waals surface area (Å²) >= 11 is 4.51. The Morgan fingerprint density at radius 1 is 0.974 bits per heavy atom. The number of hydrogen-bond donors (Lipinski definition) is 3. The van der Waals surface area contributed by atoms with Crippen molar-refractivity contribution in [2.24, 2.45) is 0 Å². The first-order valence-corrected chi connectivity index (χ1v) is 13.0. The molecule has 1 saturated heterocycles. The third kappa shape index (κ3) is 5.47. The van der Waals surface area contributed by atoms with E-state index in [1.165, 1.54) is 4.90 Å². The topological polar surface area (TPSA) is 105 Å². The van der Waals surface area contributed by atoms with Crippen molar-refractivity contribution in [2.75, 3.05) is 13.3 Å². The van der Waals surface area contributed by atoms with Gasteiger partial charge in [0.15, 0.2) is 11.5 Å². The number of nitrogens with one attached hydrogen (secondary N) is 1. The van der Waals surface area contributed by atoms with Crippen molar-refractivity contribution in [2.45, 2.75) is 36.6 Å². The van der Waals surface area contributed by atoms with Crippen LogP contribution >= 0.6 is 12.6 Å². The molecular formula is C29H28N2O6S. The van der Waals surface area contributed by atoms with Gasteiger partial charge in [0.05, 0.1) is 0 Å². The lowest BCUT2D eigenvalue weighted by Gasteiger charge is -2.28. The highest BCUT2D eigenvalue weighted by Gasteiger charge is 2.38. The van der Waals surface area contributed by atoms with Gasteiger partial charge in [-0.25, -0.2) is 4.79 Å². The van der Waals surface area contributed by atoms with Crippen LogP contribution in [0.5, 0.6) is 11.5 Å². The normalized spacial score (nSPS) is 17.6. The fraction of sp³-hybridized carbons (Fsp3) is 0.276. The largest absolute Gasteiger partial charge is 0.480 e. The molecule has 2 N–H and O–H groups in total. The third-order valence-electron chi connectivity index (χ3n) is 6.90. The molecule has 196 valence electrons. The molecule has 2 heterocycles. The maximum Gasteiger partial charge on any atom is 0.326 e. The van der Waals surface area contributed by atoms with Gasteiger partial charge >= 0.3 is 5.97 Å². The van der Waals surface area contributed by atoms with E-state index in [4.69, 9.17) is 9.47 Å². The Kier molecular flexibility index (Phi) is 7.55. The number of carbonyl (C=O) groups is 3. The van der Waals surface area contributed by atoms with Gasteiger partial charge in [0.1, 0.15) is 17.3 Å². The molecule has 1 fully saturated rings. The Morgan fingerprint density at radius 3 is 2.42 bits per heavy atom. The Bertz CT molecular complexity index is 1330. The summed E-state index contributed by atoms with van der Waals surface area (Å²) in [4.78, 5) is 40.0. The minimum absolute atomic E-state index is 0.114. The number of fused-ring (bicyclic) bond motifs is 1. The number of aliphatic carboxylic acids is 1. The Morgan fingerprint density at radius 2 is 1.68 bits per heavy atom. The number of benzene rings is 3. The molecule has 38 heavy (non-hydrogen) atoms. The standard InChI is InChI=1S/C29H28N2O6S/c32-27(26(38)21-12-13-24-25(16-21)37-17-36-24)30-22(28(33)31-14-4-7-23(31)29(34)35)15-18-8-10-20(11-9-18)19-5-2-1-3-6-19/h1-3,5-6,8-13,16,22-23,26,38H,4,7,14-15,17H2,(H,30,32)(H,34,35)/t22-,23-,26+/m0/s1. The highest BCUT2D eigenvalue weighted by atomic mass is 32.1. The van der Waals surface area contributed by atoms with E-state index in [0.29, 0.717) is 36.4 Å². The summed E-state index contributed by atoms with van der Waals surface area (Å²) in [5, 5.41) is 11.6. The van der Waals surface area contributed by atoms with Crippen molar-refractivity contribution in [1.29, 1.82) is 0 Å². The summed E-state index contributed by atoms with van der Waals surface area (Å²) in [5.74, 6) is -0.794. The smallest absolute Gasteiger partial charge is 0.326 e. The first-order valence-electron chi connectivity index (χ1n) is 12.5. The molecule has 0 aromatic heterocycles. The zero-order valence-electron chi connectivity index (χ0n) is 20.6. The number of carbonyl (C=O) groups excluding carboxylic acids is 2. The third-order valence-corrected chi connectivity index (χ3v) is 7.43. The highest BCUT2D eigenvalue weighted by Crippen LogP contribution is 2.35. The molecular weight excluding hydrogens is 504 g/mol. The van der Waals surface area contributed by atoms with E-state index in [9.17, 15) is 19.5 Å². The Balaban J connectivity index is 1.36. The second-order valence-corrected chi connectivity index (χ2v) is 9.89. The zero-order valence-corrected chi connectivity index (χ0v) is 21.5. The highest BCUT2D eigenvalue weighted by molar-refractivity contribution is 7.81. The van der Waals surface area contributed by atoms with Crippen molar-refractivity contribution in [1.82, 2.24) is 10.2 Å². The average Bonchev–Trinajstić information content (AvgIpc) is 3.62. The number of likely N-dealkylation sites (tertiary alicyclic amines) is 1. The number of ether oxygens (including phenoxy) is 2. The molecule has 5 rings (SSSR count). The van der Waals surface area contributed by atoms with Gasteiger partial charge in [0, 0.05) is 13.0 Å². The van der Waals surface area contributed by atoms with Gasteiger partial charge in [0.25, 0.3) is 0 Å². The summed E-state index contributed by atoms with van der Waals surface area (Å²) in [5.41, 5.74) is 3.54. The number of hydrogen-bond acceptors (Lipinski definition) is 6. The molecule has 2 aliphatic heterocycles. The van der Waals surface area contributed by atoms with Crippen LogP contribution in [0.2, 0.25) is 0 Å². The van der Waals surface area contributed by atoms with Crippen molar-refractivity contribution in [3.8, 4) is 22.6 Å². The molecule has 3 atom stereocenters. The predicted octanol–water partition coefficient (Wildman–Crippen LogP) is 3.86. The fourth-order valence-electron chi connectivity index (χ4n) is 4.87. The first kappa shape index (κ1) is 25.7. The van der Waals surface area contributed by atoms with Crippen LogP contribution in [0.25, 0.3) is 11.1 Å². The number of rotatable bonds is 8. The summed E-state index contributed by atoms with van der Waals surface area (Å²) < 4.78 is 10.7. The molecule has 0 aliphatic carbocycles. The van der Waals surface area contributed by atoms with Crippen LogP contribution < -0.4 is 14.8 Å². The molecule has 0 bridgehead atoms. The van der Waals surface area contributed by atoms with Gasteiger partial charge in [-0.15, -0.1) is 0 Å². The number of amides is 2. The molecule has 2 aliphatic rings. The van der Waals surface area contributed by atoms with E-state index in [-0.39, 0.29) is 13.2 Å². The lowest BCUT2D eigenvalue weighted by atomic mass is 9.99. The maximum atomic E-state index is 13.6. The van der Waals surface area contributed by atoms with Crippen LogP contribution in [0.4, 0.5) is 0 Å². The molecule has 3 aromatic rings. The minimum atomic E-state index is -1.04. The van der Waals surface area contributed by atoms with Crippen LogP contribution in [0.1, 0.15) is 29.2 Å². The van der Waals surface area contributed by atoms with Gasteiger partial charge in [-0.3, -0.25) is 9.59 Å². The fourth-order valence-corrected chi connectivity index (χ4v) is 5.11. The van der Waals surface area contributed by atoms with Crippen molar-refractivity contribution >= 4 is 30.4 Å². The maximum absolute atomic E-state index is 13.6. The van der Waals surface area contributed by atoms with Crippen LogP contribution in [0, 0.1) is 0 Å². The Labute approximate surface area is 226 Å².